The molecule has 0 spiro atoms. The Labute approximate surface area is 158 Å². The van der Waals surface area contributed by atoms with Crippen molar-refractivity contribution < 1.29 is 9.59 Å². The molecule has 1 heterocycles. The molecule has 1 N–H and O–H groups in total. The van der Waals surface area contributed by atoms with Crippen LogP contribution < -0.4 is 10.2 Å². The Kier molecular flexibility index (Phi) is 5.61. The van der Waals surface area contributed by atoms with Crippen LogP contribution in [0.5, 0.6) is 0 Å². The lowest BCUT2D eigenvalue weighted by atomic mass is 10.1. The van der Waals surface area contributed by atoms with Gasteiger partial charge >= 0.3 is 0 Å². The number of hydrogen-bond donors (Lipinski definition) is 1. The van der Waals surface area contributed by atoms with E-state index in [1.54, 1.807) is 11.0 Å². The van der Waals surface area contributed by atoms with Crippen LogP contribution in [0.1, 0.15) is 33.3 Å². The Morgan fingerprint density at radius 3 is 2.37 bits per heavy atom. The molecule has 5 nitrogen and oxygen atoms in total. The quantitative estimate of drug-likeness (QED) is 0.738. The maximum absolute atomic E-state index is 12.9. The summed E-state index contributed by atoms with van der Waals surface area (Å²) in [6.45, 7) is 4.39. The second kappa shape index (κ2) is 8.27. The summed E-state index contributed by atoms with van der Waals surface area (Å²) in [4.78, 5) is 31.2. The average molecular weight is 359 g/mol. The van der Waals surface area contributed by atoms with Gasteiger partial charge in [-0.25, -0.2) is 0 Å². The summed E-state index contributed by atoms with van der Waals surface area (Å²) in [5, 5.41) is 2.83. The van der Waals surface area contributed by atoms with E-state index in [2.05, 4.69) is 10.3 Å². The largest absolute Gasteiger partial charge is 0.322 e. The van der Waals surface area contributed by atoms with Gasteiger partial charge in [-0.2, -0.15) is 0 Å². The maximum Gasteiger partial charge on any atom is 0.276 e. The molecule has 136 valence electrons. The van der Waals surface area contributed by atoms with E-state index in [0.717, 1.165) is 11.3 Å². The lowest BCUT2D eigenvalue weighted by molar-refractivity contribution is 0.0983. The fourth-order valence-corrected chi connectivity index (χ4v) is 2.72. The Balaban J connectivity index is 1.81. The number of aryl methyl sites for hydroxylation is 1. The van der Waals surface area contributed by atoms with Crippen molar-refractivity contribution in [3.05, 3.63) is 89.7 Å². The van der Waals surface area contributed by atoms with Gasteiger partial charge in [-0.15, -0.1) is 0 Å². The van der Waals surface area contributed by atoms with Gasteiger partial charge in [0.25, 0.3) is 11.8 Å². The van der Waals surface area contributed by atoms with Gasteiger partial charge < -0.3 is 10.2 Å². The SMILES string of the molecule is CCN(C(=O)c1cc(C(=O)Nc2ccc(C)cc2)ccn1)c1ccccc1. The molecular weight excluding hydrogens is 338 g/mol. The van der Waals surface area contributed by atoms with E-state index in [1.807, 2.05) is 68.4 Å². The topological polar surface area (TPSA) is 62.3 Å². The summed E-state index contributed by atoms with van der Waals surface area (Å²) in [5.74, 6) is -0.522. The molecule has 0 unspecified atom stereocenters. The predicted molar refractivity (Wildman–Crippen MR) is 107 cm³/mol. The summed E-state index contributed by atoms with van der Waals surface area (Å²) in [7, 11) is 0. The number of carbonyl (C=O) groups excluding carboxylic acids is 2. The Bertz CT molecular complexity index is 937. The lowest BCUT2D eigenvalue weighted by Crippen LogP contribution is -2.31. The lowest BCUT2D eigenvalue weighted by Gasteiger charge is -2.20. The van der Waals surface area contributed by atoms with Crippen LogP contribution in [0.4, 0.5) is 11.4 Å². The Morgan fingerprint density at radius 1 is 1.00 bits per heavy atom. The minimum absolute atomic E-state index is 0.234. The summed E-state index contributed by atoms with van der Waals surface area (Å²) >= 11 is 0. The van der Waals surface area contributed by atoms with E-state index >= 15 is 0 Å². The van der Waals surface area contributed by atoms with Crippen molar-refractivity contribution >= 4 is 23.2 Å². The molecule has 0 aliphatic carbocycles. The maximum atomic E-state index is 12.9. The number of anilines is 2. The molecule has 3 rings (SSSR count). The van der Waals surface area contributed by atoms with Gasteiger partial charge in [-0.1, -0.05) is 35.9 Å². The number of nitrogens with zero attached hydrogens (tertiary/aromatic N) is 2. The highest BCUT2D eigenvalue weighted by atomic mass is 16.2. The highest BCUT2D eigenvalue weighted by molar-refractivity contribution is 6.08. The van der Waals surface area contributed by atoms with Crippen LogP contribution in [0.25, 0.3) is 0 Å². The molecule has 0 atom stereocenters. The number of aromatic nitrogens is 1. The van der Waals surface area contributed by atoms with Crippen LogP contribution in [-0.4, -0.2) is 23.3 Å². The number of rotatable bonds is 5. The summed E-state index contributed by atoms with van der Waals surface area (Å²) < 4.78 is 0. The van der Waals surface area contributed by atoms with E-state index in [9.17, 15) is 9.59 Å². The number of hydrogen-bond acceptors (Lipinski definition) is 3. The molecule has 0 radical (unpaired) electrons. The van der Waals surface area contributed by atoms with Crippen LogP contribution in [0.2, 0.25) is 0 Å². The molecule has 0 saturated carbocycles. The third-order valence-electron chi connectivity index (χ3n) is 4.18. The Morgan fingerprint density at radius 2 is 1.70 bits per heavy atom. The third-order valence-corrected chi connectivity index (χ3v) is 4.18. The first-order valence-electron chi connectivity index (χ1n) is 8.79. The van der Waals surface area contributed by atoms with Crippen molar-refractivity contribution in [2.45, 2.75) is 13.8 Å². The molecule has 2 amide bonds. The van der Waals surface area contributed by atoms with Crippen molar-refractivity contribution in [1.29, 1.82) is 0 Å². The van der Waals surface area contributed by atoms with E-state index in [1.165, 1.54) is 12.3 Å². The van der Waals surface area contributed by atoms with Gasteiger partial charge in [0, 0.05) is 29.7 Å². The number of para-hydroxylation sites is 1. The van der Waals surface area contributed by atoms with Crippen LogP contribution in [0, 0.1) is 6.92 Å². The number of benzene rings is 2. The Hall–Kier alpha value is -3.47. The van der Waals surface area contributed by atoms with E-state index in [4.69, 9.17) is 0 Å². The summed E-state index contributed by atoms with van der Waals surface area (Å²) in [6.07, 6.45) is 1.48. The van der Waals surface area contributed by atoms with Crippen LogP contribution in [0.3, 0.4) is 0 Å². The molecular formula is C22H21N3O2. The average Bonchev–Trinajstić information content (AvgIpc) is 2.71. The smallest absolute Gasteiger partial charge is 0.276 e. The standard InChI is InChI=1S/C22H21N3O2/c1-3-25(19-7-5-4-6-8-19)22(27)20-15-17(13-14-23-20)21(26)24-18-11-9-16(2)10-12-18/h4-15H,3H2,1-2H3,(H,24,26). The first-order chi connectivity index (χ1) is 13.1. The van der Waals surface area contributed by atoms with Gasteiger partial charge in [-0.05, 0) is 50.2 Å². The highest BCUT2D eigenvalue weighted by Crippen LogP contribution is 2.17. The zero-order valence-electron chi connectivity index (χ0n) is 15.3. The molecule has 0 aliphatic heterocycles. The first-order valence-corrected chi connectivity index (χ1v) is 8.79. The van der Waals surface area contributed by atoms with E-state index in [0.29, 0.717) is 17.8 Å². The molecule has 0 bridgehead atoms. The van der Waals surface area contributed by atoms with Crippen LogP contribution >= 0.6 is 0 Å². The zero-order valence-corrected chi connectivity index (χ0v) is 15.3. The van der Waals surface area contributed by atoms with Crippen molar-refractivity contribution in [2.75, 3.05) is 16.8 Å². The molecule has 2 aromatic carbocycles. The molecule has 0 saturated heterocycles. The molecule has 3 aromatic rings. The monoisotopic (exact) mass is 359 g/mol. The number of amides is 2. The van der Waals surface area contributed by atoms with Crippen molar-refractivity contribution in [3.63, 3.8) is 0 Å². The van der Waals surface area contributed by atoms with Crippen LogP contribution in [-0.2, 0) is 0 Å². The number of nitrogens with one attached hydrogen (secondary N) is 1. The van der Waals surface area contributed by atoms with E-state index in [-0.39, 0.29) is 17.5 Å². The number of pyridine rings is 1. The second-order valence-electron chi connectivity index (χ2n) is 6.13. The molecule has 0 fully saturated rings. The van der Waals surface area contributed by atoms with Crippen molar-refractivity contribution in [1.82, 2.24) is 4.98 Å². The van der Waals surface area contributed by atoms with Gasteiger partial charge in [0.2, 0.25) is 0 Å². The van der Waals surface area contributed by atoms with Crippen LogP contribution in [0.15, 0.2) is 72.9 Å². The normalized spacial score (nSPS) is 10.3. The predicted octanol–water partition coefficient (Wildman–Crippen LogP) is 4.31. The minimum Gasteiger partial charge on any atom is -0.322 e. The summed E-state index contributed by atoms with van der Waals surface area (Å²) in [6, 6.07) is 20.1. The minimum atomic E-state index is -0.280. The van der Waals surface area contributed by atoms with Gasteiger partial charge in [-0.3, -0.25) is 14.6 Å². The first kappa shape index (κ1) is 18.3. The van der Waals surface area contributed by atoms with Gasteiger partial charge in [0.15, 0.2) is 0 Å². The fraction of sp³-hybridized carbons (Fsp3) is 0.136. The van der Waals surface area contributed by atoms with Gasteiger partial charge in [0.1, 0.15) is 5.69 Å². The van der Waals surface area contributed by atoms with Crippen molar-refractivity contribution in [3.8, 4) is 0 Å². The van der Waals surface area contributed by atoms with Gasteiger partial charge in [0.05, 0.1) is 0 Å². The fourth-order valence-electron chi connectivity index (χ4n) is 2.72. The summed E-state index contributed by atoms with van der Waals surface area (Å²) in [5.41, 5.74) is 3.23. The highest BCUT2D eigenvalue weighted by Gasteiger charge is 2.18. The second-order valence-corrected chi connectivity index (χ2v) is 6.13. The molecule has 0 aliphatic rings. The molecule has 1 aromatic heterocycles. The molecule has 27 heavy (non-hydrogen) atoms. The zero-order chi connectivity index (χ0) is 19.2. The van der Waals surface area contributed by atoms with E-state index < -0.39 is 0 Å². The third kappa shape index (κ3) is 4.39. The van der Waals surface area contributed by atoms with Crippen molar-refractivity contribution in [2.24, 2.45) is 0 Å². The number of carbonyl (C=O) groups is 2. The molecule has 5 heteroatoms.